The molecule has 0 fully saturated rings. The van der Waals surface area contributed by atoms with Crippen molar-refractivity contribution in [1.82, 2.24) is 0 Å². The normalized spacial score (nSPS) is 11.5. The Morgan fingerprint density at radius 3 is 1.69 bits per heavy atom. The molecule has 0 unspecified atom stereocenters. The van der Waals surface area contributed by atoms with Crippen LogP contribution in [0.5, 0.6) is 0 Å². The summed E-state index contributed by atoms with van der Waals surface area (Å²) in [6.07, 6.45) is 3.19. The topological polar surface area (TPSA) is 26.3 Å². The van der Waals surface area contributed by atoms with Crippen LogP contribution in [-0.4, -0.2) is 5.97 Å². The molecule has 0 radical (unpaired) electrons. The molecule has 2 nitrogen and oxygen atoms in total. The molecule has 0 atom stereocenters. The van der Waals surface area contributed by atoms with Crippen LogP contribution in [0.15, 0.2) is 97.1 Å². The highest BCUT2D eigenvalue weighted by atomic mass is 31.2. The van der Waals surface area contributed by atoms with Gasteiger partial charge in [-0.2, -0.15) is 0 Å². The highest BCUT2D eigenvalue weighted by Gasteiger charge is 2.50. The fourth-order valence-electron chi connectivity index (χ4n) is 2.94. The van der Waals surface area contributed by atoms with Gasteiger partial charge in [0.2, 0.25) is 0 Å². The number of carbonyl (C=O) groups excluding carboxylic acids is 1. The second-order valence-electron chi connectivity index (χ2n) is 6.03. The SMILES string of the molecule is C/C=C/C(=O)O[P+](c1ccccc1)(c1ccccc1)c1ccc(C)cc1. The summed E-state index contributed by atoms with van der Waals surface area (Å²) in [5, 5.41) is 3.07. The van der Waals surface area contributed by atoms with E-state index in [1.807, 2.05) is 67.6 Å². The molecule has 0 N–H and O–H groups in total. The lowest BCUT2D eigenvalue weighted by Gasteiger charge is -2.24. The van der Waals surface area contributed by atoms with Crippen LogP contribution in [0.25, 0.3) is 0 Å². The van der Waals surface area contributed by atoms with Gasteiger partial charge in [-0.1, -0.05) is 60.2 Å². The summed E-state index contributed by atoms with van der Waals surface area (Å²) < 4.78 is 6.26. The van der Waals surface area contributed by atoms with E-state index in [0.29, 0.717) is 0 Å². The molecular weight excluding hydrogens is 339 g/mol. The van der Waals surface area contributed by atoms with Crippen LogP contribution in [0.1, 0.15) is 12.5 Å². The minimum atomic E-state index is -2.56. The summed E-state index contributed by atoms with van der Waals surface area (Å²) in [5.41, 5.74) is 1.17. The van der Waals surface area contributed by atoms with Crippen molar-refractivity contribution < 1.29 is 9.32 Å². The molecule has 0 aromatic heterocycles. The second kappa shape index (κ2) is 8.12. The molecule has 0 saturated heterocycles. The van der Waals surface area contributed by atoms with Crippen molar-refractivity contribution in [2.75, 3.05) is 0 Å². The Kier molecular flexibility index (Phi) is 5.65. The Balaban J connectivity index is 2.30. The molecule has 0 saturated carbocycles. The Morgan fingerprint density at radius 2 is 1.23 bits per heavy atom. The number of allylic oxidation sites excluding steroid dienone is 1. The summed E-state index contributed by atoms with van der Waals surface area (Å²) in [7, 11) is -2.56. The Bertz CT molecular complexity index is 845. The number of benzene rings is 3. The number of aryl methyl sites for hydroxylation is 1. The molecule has 3 aromatic carbocycles. The van der Waals surface area contributed by atoms with E-state index >= 15 is 0 Å². The Morgan fingerprint density at radius 1 is 0.769 bits per heavy atom. The van der Waals surface area contributed by atoms with Gasteiger partial charge < -0.3 is 0 Å². The summed E-state index contributed by atoms with van der Waals surface area (Å²) in [6.45, 7) is 3.87. The molecule has 0 aliphatic rings. The van der Waals surface area contributed by atoms with Gasteiger partial charge in [-0.3, -0.25) is 4.52 Å². The quantitative estimate of drug-likeness (QED) is 0.500. The molecule has 26 heavy (non-hydrogen) atoms. The highest BCUT2D eigenvalue weighted by Crippen LogP contribution is 2.56. The van der Waals surface area contributed by atoms with Crippen LogP contribution in [0.4, 0.5) is 0 Å². The van der Waals surface area contributed by atoms with Gasteiger partial charge in [-0.15, -0.1) is 0 Å². The molecule has 0 heterocycles. The van der Waals surface area contributed by atoms with Gasteiger partial charge in [0.05, 0.1) is 0 Å². The minimum Gasteiger partial charge on any atom is -0.292 e. The molecule has 0 aliphatic carbocycles. The fraction of sp³-hybridized carbons (Fsp3) is 0.0870. The van der Waals surface area contributed by atoms with E-state index in [0.717, 1.165) is 15.9 Å². The van der Waals surface area contributed by atoms with Gasteiger partial charge in [0.15, 0.2) is 0 Å². The van der Waals surface area contributed by atoms with Crippen LogP contribution < -0.4 is 15.9 Å². The van der Waals surface area contributed by atoms with Crippen molar-refractivity contribution in [1.29, 1.82) is 0 Å². The van der Waals surface area contributed by atoms with Gasteiger partial charge >= 0.3 is 5.97 Å². The van der Waals surface area contributed by atoms with Crippen molar-refractivity contribution >= 4 is 29.4 Å². The van der Waals surface area contributed by atoms with E-state index in [9.17, 15) is 4.79 Å². The third-order valence-corrected chi connectivity index (χ3v) is 7.70. The lowest BCUT2D eigenvalue weighted by atomic mass is 10.2. The maximum Gasteiger partial charge on any atom is 0.375 e. The van der Waals surface area contributed by atoms with Crippen molar-refractivity contribution in [3.05, 3.63) is 103 Å². The summed E-state index contributed by atoms with van der Waals surface area (Å²) in [6, 6.07) is 28.4. The van der Waals surface area contributed by atoms with E-state index in [-0.39, 0.29) is 5.97 Å². The van der Waals surface area contributed by atoms with Gasteiger partial charge in [0, 0.05) is 6.08 Å². The number of hydrogen-bond donors (Lipinski definition) is 0. The monoisotopic (exact) mass is 361 g/mol. The third-order valence-electron chi connectivity index (χ3n) is 4.17. The molecule has 0 aliphatic heterocycles. The van der Waals surface area contributed by atoms with Crippen molar-refractivity contribution in [3.8, 4) is 0 Å². The first-order chi connectivity index (χ1) is 12.7. The predicted octanol–water partition coefficient (Wildman–Crippen LogP) is 4.32. The number of carbonyl (C=O) groups is 1. The van der Waals surface area contributed by atoms with Gasteiger partial charge in [-0.25, -0.2) is 4.79 Å². The maximum absolute atomic E-state index is 12.6. The zero-order chi connectivity index (χ0) is 18.4. The zero-order valence-electron chi connectivity index (χ0n) is 15.0. The van der Waals surface area contributed by atoms with Crippen molar-refractivity contribution in [3.63, 3.8) is 0 Å². The highest BCUT2D eigenvalue weighted by molar-refractivity contribution is 7.92. The average molecular weight is 361 g/mol. The van der Waals surface area contributed by atoms with Crippen LogP contribution in [0.3, 0.4) is 0 Å². The molecule has 3 heteroatoms. The zero-order valence-corrected chi connectivity index (χ0v) is 15.9. The number of rotatable bonds is 5. The largest absolute Gasteiger partial charge is 0.375 e. The minimum absolute atomic E-state index is 0.325. The second-order valence-corrected chi connectivity index (χ2v) is 8.98. The molecular formula is C23H22O2P+. The molecule has 130 valence electrons. The van der Waals surface area contributed by atoms with E-state index in [2.05, 4.69) is 31.2 Å². The Hall–Kier alpha value is -2.70. The van der Waals surface area contributed by atoms with Crippen molar-refractivity contribution in [2.24, 2.45) is 0 Å². The first-order valence-corrected chi connectivity index (χ1v) is 10.3. The summed E-state index contributed by atoms with van der Waals surface area (Å²) >= 11 is 0. The first-order valence-electron chi connectivity index (χ1n) is 8.60. The van der Waals surface area contributed by atoms with Crippen LogP contribution in [-0.2, 0) is 9.32 Å². The smallest absolute Gasteiger partial charge is 0.292 e. The van der Waals surface area contributed by atoms with E-state index in [1.165, 1.54) is 11.6 Å². The molecule has 3 rings (SSSR count). The van der Waals surface area contributed by atoms with Crippen molar-refractivity contribution in [2.45, 2.75) is 13.8 Å². The Labute approximate surface area is 155 Å². The molecule has 0 bridgehead atoms. The van der Waals surface area contributed by atoms with Crippen LogP contribution >= 0.6 is 7.49 Å². The third kappa shape index (κ3) is 3.61. The average Bonchev–Trinajstić information content (AvgIpc) is 2.68. The maximum atomic E-state index is 12.6. The van der Waals surface area contributed by atoms with Gasteiger partial charge in [-0.05, 0) is 50.2 Å². The lowest BCUT2D eigenvalue weighted by molar-refractivity contribution is -0.128. The van der Waals surface area contributed by atoms with Crippen LogP contribution in [0, 0.1) is 6.92 Å². The van der Waals surface area contributed by atoms with Crippen LogP contribution in [0.2, 0.25) is 0 Å². The van der Waals surface area contributed by atoms with Gasteiger partial charge in [0.25, 0.3) is 7.49 Å². The first kappa shape index (κ1) is 18.1. The van der Waals surface area contributed by atoms with Gasteiger partial charge in [0.1, 0.15) is 15.9 Å². The lowest BCUT2D eigenvalue weighted by Crippen LogP contribution is -2.34. The van der Waals surface area contributed by atoms with E-state index in [4.69, 9.17) is 4.52 Å². The number of hydrogen-bond acceptors (Lipinski definition) is 2. The molecule has 0 spiro atoms. The summed E-state index contributed by atoms with van der Waals surface area (Å²) in [5.74, 6) is -0.325. The molecule has 3 aromatic rings. The van der Waals surface area contributed by atoms with E-state index < -0.39 is 7.49 Å². The predicted molar refractivity (Wildman–Crippen MR) is 111 cm³/mol. The van der Waals surface area contributed by atoms with E-state index in [1.54, 1.807) is 6.08 Å². The standard InChI is InChI=1S/C23H22O2P/c1-3-10-23(24)25-26(20-11-6-4-7-12-20,21-13-8-5-9-14-21)22-17-15-19(2)16-18-22/h3-18H,1-2H3/q+1/b10-3+. The molecule has 0 amide bonds. The fourth-order valence-corrected chi connectivity index (χ4v) is 6.23. The summed E-state index contributed by atoms with van der Waals surface area (Å²) in [4.78, 5) is 12.6.